The van der Waals surface area contributed by atoms with Crippen molar-refractivity contribution in [1.29, 1.82) is 0 Å². The van der Waals surface area contributed by atoms with Crippen molar-refractivity contribution in [2.45, 2.75) is 25.5 Å². The van der Waals surface area contributed by atoms with Gasteiger partial charge in [0.15, 0.2) is 0 Å². The van der Waals surface area contributed by atoms with Gasteiger partial charge in [0.2, 0.25) is 0 Å². The summed E-state index contributed by atoms with van der Waals surface area (Å²) >= 11 is 6.37. The minimum Gasteiger partial charge on any atom is -0.468 e. The quantitative estimate of drug-likeness (QED) is 0.774. The minimum atomic E-state index is 0.564. The molecule has 0 radical (unpaired) electrons. The summed E-state index contributed by atoms with van der Waals surface area (Å²) in [7, 11) is 0. The molecule has 1 aliphatic rings. The lowest BCUT2D eigenvalue weighted by Gasteiger charge is -2.09. The molecule has 0 atom stereocenters. The second-order valence-electron chi connectivity index (χ2n) is 4.18. The van der Waals surface area contributed by atoms with Crippen LogP contribution in [0.1, 0.15) is 24.2 Å². The topological polar surface area (TPSA) is 13.1 Å². The van der Waals surface area contributed by atoms with Crippen molar-refractivity contribution < 1.29 is 4.42 Å². The molecule has 0 aromatic carbocycles. The van der Waals surface area contributed by atoms with E-state index in [4.69, 9.17) is 4.42 Å². The van der Waals surface area contributed by atoms with E-state index in [0.717, 1.165) is 17.3 Å². The highest BCUT2D eigenvalue weighted by Crippen LogP contribution is 2.49. The zero-order valence-electron chi connectivity index (χ0n) is 8.45. The van der Waals surface area contributed by atoms with E-state index in [9.17, 15) is 0 Å². The first-order valence-corrected chi connectivity index (χ1v) is 6.76. The maximum Gasteiger partial charge on any atom is 0.116 e. The Kier molecular flexibility index (Phi) is 3.17. The molecule has 1 aromatic rings. The van der Waals surface area contributed by atoms with Gasteiger partial charge in [0.05, 0.1) is 12.0 Å². The van der Waals surface area contributed by atoms with Crippen LogP contribution in [-0.4, -0.2) is 11.5 Å². The van der Waals surface area contributed by atoms with E-state index in [1.54, 1.807) is 6.26 Å². The average molecular weight is 228 g/mol. The van der Waals surface area contributed by atoms with Crippen molar-refractivity contribution in [3.05, 3.63) is 23.7 Å². The van der Waals surface area contributed by atoms with Crippen molar-refractivity contribution in [2.24, 2.45) is 5.41 Å². The Morgan fingerprint density at radius 2 is 2.36 bits per heavy atom. The Morgan fingerprint density at radius 3 is 2.86 bits per heavy atom. The molecule has 3 heteroatoms. The molecule has 1 heterocycles. The normalized spacial score (nSPS) is 18.4. The molecule has 1 saturated carbocycles. The summed E-state index contributed by atoms with van der Waals surface area (Å²) < 4.78 is 5.39. The molecular weight excluding hydrogens is 212 g/mol. The summed E-state index contributed by atoms with van der Waals surface area (Å²) in [6.07, 6.45) is 4.50. The second kappa shape index (κ2) is 4.23. The summed E-state index contributed by atoms with van der Waals surface area (Å²) in [5.74, 6) is 4.41. The summed E-state index contributed by atoms with van der Waals surface area (Å²) in [4.78, 5) is 0. The number of rotatable bonds is 5. The summed E-state index contributed by atoms with van der Waals surface area (Å²) in [5.41, 5.74) is 1.84. The van der Waals surface area contributed by atoms with Crippen LogP contribution in [0.25, 0.3) is 0 Å². The Morgan fingerprint density at radius 1 is 1.57 bits per heavy atom. The van der Waals surface area contributed by atoms with Gasteiger partial charge in [-0.25, -0.2) is 0 Å². The maximum atomic E-state index is 5.39. The number of hydrogen-bond donors (Lipinski definition) is 1. The van der Waals surface area contributed by atoms with Gasteiger partial charge in [0.25, 0.3) is 0 Å². The molecular formula is C11H16OS2. The first kappa shape index (κ1) is 10.5. The Labute approximate surface area is 95.1 Å². The molecule has 0 bridgehead atoms. The highest BCUT2D eigenvalue weighted by Gasteiger charge is 2.40. The summed E-state index contributed by atoms with van der Waals surface area (Å²) in [6, 6.07) is 2.03. The Hall–Kier alpha value is -0.0200. The van der Waals surface area contributed by atoms with Gasteiger partial charge in [-0.3, -0.25) is 0 Å². The lowest BCUT2D eigenvalue weighted by molar-refractivity contribution is 0.527. The van der Waals surface area contributed by atoms with E-state index in [-0.39, 0.29) is 0 Å². The van der Waals surface area contributed by atoms with Crippen molar-refractivity contribution in [3.63, 3.8) is 0 Å². The van der Waals surface area contributed by atoms with Gasteiger partial charge in [0.1, 0.15) is 5.76 Å². The molecule has 1 aromatic heterocycles. The van der Waals surface area contributed by atoms with Crippen LogP contribution in [0.4, 0.5) is 0 Å². The van der Waals surface area contributed by atoms with Gasteiger partial charge < -0.3 is 4.42 Å². The SMILES string of the molecule is Cc1ccoc1CSCC1(CS)CC1. The zero-order chi connectivity index (χ0) is 10.0. The van der Waals surface area contributed by atoms with E-state index in [2.05, 4.69) is 19.6 Å². The number of furan rings is 1. The van der Waals surface area contributed by atoms with Crippen LogP contribution in [0.15, 0.2) is 16.7 Å². The molecule has 0 spiro atoms. The van der Waals surface area contributed by atoms with Gasteiger partial charge in [-0.05, 0) is 42.6 Å². The van der Waals surface area contributed by atoms with Crippen LogP contribution >= 0.6 is 24.4 Å². The average Bonchev–Trinajstić information content (AvgIpc) is 2.86. The highest BCUT2D eigenvalue weighted by atomic mass is 32.2. The van der Waals surface area contributed by atoms with E-state index in [1.807, 2.05) is 17.8 Å². The van der Waals surface area contributed by atoms with Crippen LogP contribution in [0.2, 0.25) is 0 Å². The van der Waals surface area contributed by atoms with Crippen LogP contribution in [0, 0.1) is 12.3 Å². The van der Waals surface area contributed by atoms with Gasteiger partial charge >= 0.3 is 0 Å². The predicted molar refractivity (Wildman–Crippen MR) is 65.1 cm³/mol. The van der Waals surface area contributed by atoms with Crippen LogP contribution in [0.3, 0.4) is 0 Å². The number of hydrogen-bond acceptors (Lipinski definition) is 3. The van der Waals surface area contributed by atoms with E-state index in [1.165, 1.54) is 24.2 Å². The summed E-state index contributed by atoms with van der Waals surface area (Å²) in [6.45, 7) is 2.10. The first-order chi connectivity index (χ1) is 6.76. The molecule has 0 N–H and O–H groups in total. The lowest BCUT2D eigenvalue weighted by Crippen LogP contribution is -2.05. The fourth-order valence-corrected chi connectivity index (χ4v) is 3.42. The number of thioether (sulfide) groups is 1. The fraction of sp³-hybridized carbons (Fsp3) is 0.636. The molecule has 1 nitrogen and oxygen atoms in total. The zero-order valence-corrected chi connectivity index (χ0v) is 10.2. The van der Waals surface area contributed by atoms with Crippen molar-refractivity contribution in [1.82, 2.24) is 0 Å². The van der Waals surface area contributed by atoms with E-state index in [0.29, 0.717) is 5.41 Å². The molecule has 78 valence electrons. The highest BCUT2D eigenvalue weighted by molar-refractivity contribution is 7.98. The summed E-state index contributed by atoms with van der Waals surface area (Å²) in [5, 5.41) is 0. The third-order valence-electron chi connectivity index (χ3n) is 2.90. The smallest absolute Gasteiger partial charge is 0.116 e. The monoisotopic (exact) mass is 228 g/mol. The van der Waals surface area contributed by atoms with Crippen molar-refractivity contribution >= 4 is 24.4 Å². The van der Waals surface area contributed by atoms with E-state index < -0.39 is 0 Å². The van der Waals surface area contributed by atoms with Crippen LogP contribution in [0.5, 0.6) is 0 Å². The second-order valence-corrected chi connectivity index (χ2v) is 5.48. The number of thiol groups is 1. The van der Waals surface area contributed by atoms with E-state index >= 15 is 0 Å². The van der Waals surface area contributed by atoms with Gasteiger partial charge in [-0.1, -0.05) is 0 Å². The third-order valence-corrected chi connectivity index (χ3v) is 4.86. The molecule has 0 unspecified atom stereocenters. The lowest BCUT2D eigenvalue weighted by atomic mass is 10.2. The molecule has 0 aliphatic heterocycles. The molecule has 1 aliphatic carbocycles. The standard InChI is InChI=1S/C11H16OS2/c1-9-2-5-12-10(9)6-14-8-11(7-13)3-4-11/h2,5,13H,3-4,6-8H2,1H3. The Balaban J connectivity index is 1.76. The van der Waals surface area contributed by atoms with Crippen molar-refractivity contribution in [2.75, 3.05) is 11.5 Å². The molecule has 1 fully saturated rings. The van der Waals surface area contributed by atoms with Crippen molar-refractivity contribution in [3.8, 4) is 0 Å². The number of aryl methyl sites for hydroxylation is 1. The molecule has 14 heavy (non-hydrogen) atoms. The fourth-order valence-electron chi connectivity index (χ4n) is 1.44. The van der Waals surface area contributed by atoms with Crippen LogP contribution in [-0.2, 0) is 5.75 Å². The van der Waals surface area contributed by atoms with Crippen LogP contribution < -0.4 is 0 Å². The minimum absolute atomic E-state index is 0.564. The first-order valence-electron chi connectivity index (χ1n) is 4.97. The third kappa shape index (κ3) is 2.31. The van der Waals surface area contributed by atoms with Gasteiger partial charge in [-0.2, -0.15) is 24.4 Å². The van der Waals surface area contributed by atoms with Gasteiger partial charge in [0, 0.05) is 5.75 Å². The predicted octanol–water partition coefficient (Wildman–Crippen LogP) is 3.53. The maximum absolute atomic E-state index is 5.39. The molecule has 0 saturated heterocycles. The van der Waals surface area contributed by atoms with Gasteiger partial charge in [-0.15, -0.1) is 0 Å². The Bertz CT molecular complexity index is 302. The molecule has 2 rings (SSSR count). The largest absolute Gasteiger partial charge is 0.468 e. The molecule has 0 amide bonds.